The van der Waals surface area contributed by atoms with Gasteiger partial charge in [-0.15, -0.1) is 0 Å². The van der Waals surface area contributed by atoms with Gasteiger partial charge in [-0.3, -0.25) is 19.3 Å². The molecule has 0 bridgehead atoms. The average molecular weight is 386 g/mol. The molecule has 148 valence electrons. The van der Waals surface area contributed by atoms with Crippen molar-refractivity contribution in [3.8, 4) is 0 Å². The molecule has 1 aromatic heterocycles. The summed E-state index contributed by atoms with van der Waals surface area (Å²) in [4.78, 5) is 56.0. The number of carbonyl (C=O) groups is 3. The van der Waals surface area contributed by atoms with Crippen LogP contribution in [0, 0.1) is 6.92 Å². The van der Waals surface area contributed by atoms with Gasteiger partial charge >= 0.3 is 12.0 Å². The van der Waals surface area contributed by atoms with E-state index in [1.807, 2.05) is 13.0 Å². The van der Waals surface area contributed by atoms with E-state index in [9.17, 15) is 19.2 Å². The highest BCUT2D eigenvalue weighted by Gasteiger charge is 2.43. The maximum Gasteiger partial charge on any atom is 0.325 e. The van der Waals surface area contributed by atoms with Gasteiger partial charge in [0, 0.05) is 13.0 Å². The number of carbonyl (C=O) groups excluding carboxylic acids is 3. The van der Waals surface area contributed by atoms with E-state index in [0.29, 0.717) is 10.9 Å². The zero-order valence-corrected chi connectivity index (χ0v) is 16.0. The molecule has 1 aromatic carbocycles. The lowest BCUT2D eigenvalue weighted by Gasteiger charge is -2.15. The first-order valence-corrected chi connectivity index (χ1v) is 8.97. The fourth-order valence-electron chi connectivity index (χ4n) is 3.04. The third-order valence-corrected chi connectivity index (χ3v) is 4.56. The van der Waals surface area contributed by atoms with Crippen LogP contribution in [0.2, 0.25) is 0 Å². The van der Waals surface area contributed by atoms with E-state index in [0.717, 1.165) is 10.5 Å². The van der Waals surface area contributed by atoms with Gasteiger partial charge in [-0.05, 0) is 38.8 Å². The molecule has 9 nitrogen and oxygen atoms in total. The number of amides is 3. The van der Waals surface area contributed by atoms with Crippen molar-refractivity contribution in [3.05, 3.63) is 39.9 Å². The lowest BCUT2D eigenvalue weighted by molar-refractivity contribution is -0.145. The molecule has 2 aromatic rings. The van der Waals surface area contributed by atoms with Crippen LogP contribution in [0.15, 0.2) is 23.0 Å². The zero-order chi connectivity index (χ0) is 20.5. The molecule has 0 saturated carbocycles. The second-order valence-corrected chi connectivity index (χ2v) is 7.26. The molecule has 28 heavy (non-hydrogen) atoms. The summed E-state index contributed by atoms with van der Waals surface area (Å²) in [5, 5.41) is 3.06. The number of urea groups is 1. The van der Waals surface area contributed by atoms with Gasteiger partial charge in [0.2, 0.25) is 0 Å². The maximum absolute atomic E-state index is 12.1. The standard InChI is InChI=1S/C19H22N4O5/c1-11-6-4-7-12-15(11)20-13(21-16(12)25)10-28-14(24)8-5-9-23-17(26)19(2,3)22-18(23)27/h4,6-7H,5,8-10H2,1-3H3,(H,22,27)(H,20,21,25). The number of nitrogens with zero attached hydrogens (tertiary/aromatic N) is 2. The van der Waals surface area contributed by atoms with Gasteiger partial charge in [0.15, 0.2) is 0 Å². The number of benzene rings is 1. The SMILES string of the molecule is Cc1cccc2c(=O)[nH]c(COC(=O)CCCN3C(=O)NC(C)(C)C3=O)nc12. The van der Waals surface area contributed by atoms with E-state index in [1.165, 1.54) is 0 Å². The number of H-pyrrole nitrogens is 1. The van der Waals surface area contributed by atoms with Crippen LogP contribution in [0.1, 0.15) is 38.1 Å². The maximum atomic E-state index is 12.1. The number of esters is 1. The van der Waals surface area contributed by atoms with Crippen molar-refractivity contribution >= 4 is 28.8 Å². The first kappa shape index (κ1) is 19.5. The second-order valence-electron chi connectivity index (χ2n) is 7.26. The number of ether oxygens (including phenoxy) is 1. The Bertz CT molecular complexity index is 1010. The molecule has 1 aliphatic heterocycles. The van der Waals surface area contributed by atoms with E-state index in [-0.39, 0.29) is 43.3 Å². The summed E-state index contributed by atoms with van der Waals surface area (Å²) >= 11 is 0. The number of rotatable bonds is 6. The minimum atomic E-state index is -0.927. The van der Waals surface area contributed by atoms with Crippen LogP contribution in [0.4, 0.5) is 4.79 Å². The van der Waals surface area contributed by atoms with Crippen molar-refractivity contribution in [1.82, 2.24) is 20.2 Å². The van der Waals surface area contributed by atoms with E-state index in [4.69, 9.17) is 4.74 Å². The largest absolute Gasteiger partial charge is 0.458 e. The van der Waals surface area contributed by atoms with Crippen molar-refractivity contribution in [1.29, 1.82) is 0 Å². The van der Waals surface area contributed by atoms with Crippen molar-refractivity contribution in [2.45, 2.75) is 45.8 Å². The summed E-state index contributed by atoms with van der Waals surface area (Å²) in [5.74, 6) is -0.561. The smallest absolute Gasteiger partial charge is 0.325 e. The lowest BCUT2D eigenvalue weighted by atomic mass is 10.1. The Balaban J connectivity index is 1.53. The summed E-state index contributed by atoms with van der Waals surface area (Å²) < 4.78 is 5.16. The van der Waals surface area contributed by atoms with Crippen molar-refractivity contribution in [2.24, 2.45) is 0 Å². The second kappa shape index (κ2) is 7.41. The van der Waals surface area contributed by atoms with Crippen LogP contribution in [0.3, 0.4) is 0 Å². The van der Waals surface area contributed by atoms with E-state index < -0.39 is 17.5 Å². The van der Waals surface area contributed by atoms with Gasteiger partial charge in [-0.2, -0.15) is 0 Å². The quantitative estimate of drug-likeness (QED) is 0.571. The van der Waals surface area contributed by atoms with Crippen molar-refractivity contribution in [3.63, 3.8) is 0 Å². The molecule has 0 aliphatic carbocycles. The average Bonchev–Trinajstić information content (AvgIpc) is 2.82. The molecule has 1 saturated heterocycles. The van der Waals surface area contributed by atoms with Crippen LogP contribution < -0.4 is 10.9 Å². The van der Waals surface area contributed by atoms with Crippen molar-refractivity contribution in [2.75, 3.05) is 6.54 Å². The monoisotopic (exact) mass is 386 g/mol. The Morgan fingerprint density at radius 1 is 1.25 bits per heavy atom. The van der Waals surface area contributed by atoms with E-state index >= 15 is 0 Å². The third kappa shape index (κ3) is 3.88. The van der Waals surface area contributed by atoms with Crippen molar-refractivity contribution < 1.29 is 19.1 Å². The van der Waals surface area contributed by atoms with Gasteiger partial charge in [0.05, 0.1) is 10.9 Å². The number of para-hydroxylation sites is 1. The molecule has 0 unspecified atom stereocenters. The van der Waals surface area contributed by atoms with Gasteiger partial charge < -0.3 is 15.0 Å². The van der Waals surface area contributed by atoms with Crippen LogP contribution in [-0.4, -0.2) is 44.9 Å². The molecular formula is C19H22N4O5. The number of fused-ring (bicyclic) bond motifs is 1. The molecule has 0 spiro atoms. The predicted molar refractivity (Wildman–Crippen MR) is 100 cm³/mol. The fraction of sp³-hybridized carbons (Fsp3) is 0.421. The molecule has 2 heterocycles. The molecular weight excluding hydrogens is 364 g/mol. The summed E-state index contributed by atoms with van der Waals surface area (Å²) in [6.07, 6.45) is 0.323. The summed E-state index contributed by atoms with van der Waals surface area (Å²) in [7, 11) is 0. The minimum Gasteiger partial charge on any atom is -0.458 e. The molecule has 3 rings (SSSR count). The fourth-order valence-corrected chi connectivity index (χ4v) is 3.04. The van der Waals surface area contributed by atoms with Crippen LogP contribution in [0.5, 0.6) is 0 Å². The number of imide groups is 1. The summed E-state index contributed by atoms with van der Waals surface area (Å²) in [6.45, 7) is 5.07. The molecule has 3 amide bonds. The molecule has 1 fully saturated rings. The summed E-state index contributed by atoms with van der Waals surface area (Å²) in [6, 6.07) is 4.85. The Morgan fingerprint density at radius 3 is 2.68 bits per heavy atom. The van der Waals surface area contributed by atoms with Crippen LogP contribution >= 0.6 is 0 Å². The topological polar surface area (TPSA) is 121 Å². The number of hydrogen-bond donors (Lipinski definition) is 2. The molecule has 0 atom stereocenters. The molecule has 2 N–H and O–H groups in total. The van der Waals surface area contributed by atoms with Crippen LogP contribution in [-0.2, 0) is 20.9 Å². The predicted octanol–water partition coefficient (Wildman–Crippen LogP) is 1.39. The number of hydrogen-bond acceptors (Lipinski definition) is 6. The Morgan fingerprint density at radius 2 is 2.00 bits per heavy atom. The minimum absolute atomic E-state index is 0.0360. The number of aryl methyl sites for hydroxylation is 1. The van der Waals surface area contributed by atoms with Gasteiger partial charge in [0.1, 0.15) is 18.0 Å². The Hall–Kier alpha value is -3.23. The summed E-state index contributed by atoms with van der Waals surface area (Å²) in [5.41, 5.74) is 0.204. The van der Waals surface area contributed by atoms with Crippen LogP contribution in [0.25, 0.3) is 10.9 Å². The highest BCUT2D eigenvalue weighted by Crippen LogP contribution is 2.17. The Labute approximate surface area is 161 Å². The molecule has 0 radical (unpaired) electrons. The third-order valence-electron chi connectivity index (χ3n) is 4.56. The van der Waals surface area contributed by atoms with E-state index in [1.54, 1.807) is 26.0 Å². The number of aromatic amines is 1. The van der Waals surface area contributed by atoms with Gasteiger partial charge in [-0.1, -0.05) is 12.1 Å². The van der Waals surface area contributed by atoms with Gasteiger partial charge in [-0.25, -0.2) is 9.78 Å². The van der Waals surface area contributed by atoms with E-state index in [2.05, 4.69) is 15.3 Å². The highest BCUT2D eigenvalue weighted by atomic mass is 16.5. The molecule has 1 aliphatic rings. The zero-order valence-electron chi connectivity index (χ0n) is 16.0. The number of aromatic nitrogens is 2. The lowest BCUT2D eigenvalue weighted by Crippen LogP contribution is -2.40. The Kier molecular flexibility index (Phi) is 5.17. The normalized spacial score (nSPS) is 15.8. The number of nitrogens with one attached hydrogen (secondary N) is 2. The first-order valence-electron chi connectivity index (χ1n) is 8.97. The highest BCUT2D eigenvalue weighted by molar-refractivity contribution is 6.06. The first-order chi connectivity index (χ1) is 13.2. The van der Waals surface area contributed by atoms with Gasteiger partial charge in [0.25, 0.3) is 11.5 Å². The molecule has 9 heteroatoms.